The Morgan fingerprint density at radius 2 is 1.76 bits per heavy atom. The van der Waals surface area contributed by atoms with Crippen molar-refractivity contribution in [1.29, 1.82) is 0 Å². The van der Waals surface area contributed by atoms with Crippen LogP contribution >= 0.6 is 0 Å². The lowest BCUT2D eigenvalue weighted by atomic mass is 9.71. The topological polar surface area (TPSA) is 9.23 Å². The molecule has 0 radical (unpaired) electrons. The first-order chi connectivity index (χ1) is 12.1. The first-order valence-electron chi connectivity index (χ1n) is 9.83. The van der Waals surface area contributed by atoms with E-state index >= 15 is 0 Å². The van der Waals surface area contributed by atoms with Crippen LogP contribution in [0.3, 0.4) is 0 Å². The van der Waals surface area contributed by atoms with Crippen molar-refractivity contribution in [3.05, 3.63) is 41.0 Å². The van der Waals surface area contributed by atoms with Gasteiger partial charge in [-0.15, -0.1) is 0 Å². The van der Waals surface area contributed by atoms with Gasteiger partial charge in [0.15, 0.2) is 11.6 Å². The summed E-state index contributed by atoms with van der Waals surface area (Å²) >= 11 is 0. The Balaban J connectivity index is 1.50. The minimum atomic E-state index is -0.873. The van der Waals surface area contributed by atoms with Crippen molar-refractivity contribution in [2.45, 2.75) is 65.2 Å². The third kappa shape index (κ3) is 4.43. The van der Waals surface area contributed by atoms with Crippen molar-refractivity contribution in [2.75, 3.05) is 6.61 Å². The summed E-state index contributed by atoms with van der Waals surface area (Å²) in [5.41, 5.74) is 1.53. The second-order valence-electron chi connectivity index (χ2n) is 7.88. The molecule has 0 saturated heterocycles. The molecule has 0 spiro atoms. The van der Waals surface area contributed by atoms with E-state index in [1.807, 2.05) is 0 Å². The molecule has 2 aliphatic rings. The van der Waals surface area contributed by atoms with Crippen molar-refractivity contribution < 1.29 is 13.5 Å². The number of halogens is 2. The normalized spacial score (nSPS) is 27.0. The van der Waals surface area contributed by atoms with E-state index in [2.05, 4.69) is 13.0 Å². The predicted molar refractivity (Wildman–Crippen MR) is 97.8 cm³/mol. The van der Waals surface area contributed by atoms with Crippen molar-refractivity contribution >= 4 is 0 Å². The number of hydrogen-bond acceptors (Lipinski definition) is 1. The molecule has 0 amide bonds. The van der Waals surface area contributed by atoms with Gasteiger partial charge in [0.1, 0.15) is 6.61 Å². The van der Waals surface area contributed by atoms with Crippen LogP contribution in [-0.2, 0) is 0 Å². The van der Waals surface area contributed by atoms with Gasteiger partial charge < -0.3 is 4.74 Å². The van der Waals surface area contributed by atoms with E-state index in [0.29, 0.717) is 12.2 Å². The third-order valence-corrected chi connectivity index (χ3v) is 6.33. The van der Waals surface area contributed by atoms with Gasteiger partial charge in [-0.1, -0.05) is 38.3 Å². The highest BCUT2D eigenvalue weighted by Gasteiger charge is 2.28. The Kier molecular flexibility index (Phi) is 6.14. The fourth-order valence-corrected chi connectivity index (χ4v) is 4.45. The van der Waals surface area contributed by atoms with Gasteiger partial charge in [-0.25, -0.2) is 4.39 Å². The molecule has 0 aliphatic heterocycles. The Hall–Kier alpha value is -1.38. The predicted octanol–water partition coefficient (Wildman–Crippen LogP) is 6.59. The Bertz CT molecular complexity index is 615. The van der Waals surface area contributed by atoms with Crippen LogP contribution in [-0.4, -0.2) is 6.61 Å². The SMILES string of the molecule is CCC1CCC(C2CC=C(COc3ccc(C)c(F)c3F)CC2)CC1. The van der Waals surface area contributed by atoms with Gasteiger partial charge in [-0.2, -0.15) is 4.39 Å². The summed E-state index contributed by atoms with van der Waals surface area (Å²) in [6, 6.07) is 3.08. The molecule has 1 unspecified atom stereocenters. The van der Waals surface area contributed by atoms with Crippen molar-refractivity contribution in [3.8, 4) is 5.75 Å². The zero-order valence-electron chi connectivity index (χ0n) is 15.5. The van der Waals surface area contributed by atoms with E-state index in [9.17, 15) is 8.78 Å². The molecule has 3 rings (SSSR count). The number of ether oxygens (including phenoxy) is 1. The van der Waals surface area contributed by atoms with Gasteiger partial charge in [0.2, 0.25) is 5.82 Å². The van der Waals surface area contributed by atoms with Crippen LogP contribution < -0.4 is 4.74 Å². The first kappa shape index (κ1) is 18.4. The maximum Gasteiger partial charge on any atom is 0.200 e. The van der Waals surface area contributed by atoms with Crippen molar-refractivity contribution in [1.82, 2.24) is 0 Å². The summed E-state index contributed by atoms with van der Waals surface area (Å²) in [6.45, 7) is 4.23. The molecule has 2 aliphatic carbocycles. The quantitative estimate of drug-likeness (QED) is 0.545. The third-order valence-electron chi connectivity index (χ3n) is 6.33. The van der Waals surface area contributed by atoms with Gasteiger partial charge in [-0.3, -0.25) is 0 Å². The number of hydrogen-bond donors (Lipinski definition) is 0. The number of aryl methyl sites for hydroxylation is 1. The average Bonchev–Trinajstić information content (AvgIpc) is 2.66. The number of allylic oxidation sites excluding steroid dienone is 1. The molecule has 0 heterocycles. The second-order valence-corrected chi connectivity index (χ2v) is 7.88. The maximum atomic E-state index is 13.9. The molecule has 1 fully saturated rings. The molecule has 0 bridgehead atoms. The molecule has 1 aromatic carbocycles. The van der Waals surface area contributed by atoms with Gasteiger partial charge in [0, 0.05) is 0 Å². The summed E-state index contributed by atoms with van der Waals surface area (Å²) in [7, 11) is 0. The molecule has 1 saturated carbocycles. The molecule has 138 valence electrons. The van der Waals surface area contributed by atoms with Crippen LogP contribution in [0.5, 0.6) is 5.75 Å². The highest BCUT2D eigenvalue weighted by molar-refractivity contribution is 5.30. The van der Waals surface area contributed by atoms with E-state index in [4.69, 9.17) is 4.74 Å². The lowest BCUT2D eigenvalue weighted by Crippen LogP contribution is -2.23. The molecule has 1 nitrogen and oxygen atoms in total. The fraction of sp³-hybridized carbons (Fsp3) is 0.636. The van der Waals surface area contributed by atoms with E-state index in [-0.39, 0.29) is 5.75 Å². The number of rotatable bonds is 5. The standard InChI is InChI=1S/C22H30F2O/c1-3-16-5-9-18(10-6-16)19-11-7-17(8-12-19)14-25-20-13-4-15(2)21(23)22(20)24/h4,7,13,16,18-19H,3,5-6,8-12,14H2,1-2H3. The highest BCUT2D eigenvalue weighted by Crippen LogP contribution is 2.40. The van der Waals surface area contributed by atoms with Gasteiger partial charge in [0.25, 0.3) is 0 Å². The zero-order chi connectivity index (χ0) is 17.8. The molecule has 25 heavy (non-hydrogen) atoms. The van der Waals surface area contributed by atoms with Crippen LogP contribution in [0, 0.1) is 36.3 Å². The van der Waals surface area contributed by atoms with Crippen LogP contribution in [0.1, 0.15) is 63.9 Å². The smallest absolute Gasteiger partial charge is 0.200 e. The fourth-order valence-electron chi connectivity index (χ4n) is 4.45. The Morgan fingerprint density at radius 1 is 1.00 bits per heavy atom. The summed E-state index contributed by atoms with van der Waals surface area (Å²) in [5, 5.41) is 0. The lowest BCUT2D eigenvalue weighted by Gasteiger charge is -2.35. The van der Waals surface area contributed by atoms with Crippen LogP contribution in [0.4, 0.5) is 8.78 Å². The minimum Gasteiger partial charge on any atom is -0.486 e. The molecule has 3 heteroatoms. The summed E-state index contributed by atoms with van der Waals surface area (Å²) in [6.07, 6.45) is 12.5. The van der Waals surface area contributed by atoms with Crippen molar-refractivity contribution in [2.24, 2.45) is 17.8 Å². The molecule has 1 aromatic rings. The molecule has 0 N–H and O–H groups in total. The summed E-state index contributed by atoms with van der Waals surface area (Å²) < 4.78 is 33.0. The summed E-state index contributed by atoms with van der Waals surface area (Å²) in [4.78, 5) is 0. The second kappa shape index (κ2) is 8.33. The first-order valence-corrected chi connectivity index (χ1v) is 9.83. The molecule has 0 aromatic heterocycles. The highest BCUT2D eigenvalue weighted by atomic mass is 19.2. The van der Waals surface area contributed by atoms with Gasteiger partial charge in [-0.05, 0) is 74.0 Å². The molecular formula is C22H30F2O. The van der Waals surface area contributed by atoms with E-state index in [1.165, 1.54) is 50.2 Å². The largest absolute Gasteiger partial charge is 0.486 e. The van der Waals surface area contributed by atoms with E-state index < -0.39 is 11.6 Å². The van der Waals surface area contributed by atoms with E-state index in [0.717, 1.165) is 30.6 Å². The Morgan fingerprint density at radius 3 is 2.40 bits per heavy atom. The maximum absolute atomic E-state index is 13.9. The summed E-state index contributed by atoms with van der Waals surface area (Å²) in [5.74, 6) is 0.966. The van der Waals surface area contributed by atoms with Crippen LogP contribution in [0.15, 0.2) is 23.8 Å². The lowest BCUT2D eigenvalue weighted by molar-refractivity contribution is 0.187. The number of benzene rings is 1. The zero-order valence-corrected chi connectivity index (χ0v) is 15.5. The minimum absolute atomic E-state index is 0.0176. The van der Waals surface area contributed by atoms with Crippen LogP contribution in [0.25, 0.3) is 0 Å². The van der Waals surface area contributed by atoms with Gasteiger partial charge in [0.05, 0.1) is 0 Å². The molecule has 1 atom stereocenters. The monoisotopic (exact) mass is 348 g/mol. The molecular weight excluding hydrogens is 318 g/mol. The van der Waals surface area contributed by atoms with Crippen molar-refractivity contribution in [3.63, 3.8) is 0 Å². The van der Waals surface area contributed by atoms with Gasteiger partial charge >= 0.3 is 0 Å². The van der Waals surface area contributed by atoms with E-state index in [1.54, 1.807) is 13.0 Å². The average molecular weight is 348 g/mol. The van der Waals surface area contributed by atoms with Crippen LogP contribution in [0.2, 0.25) is 0 Å². The Labute approximate surface area is 150 Å².